The minimum Gasteiger partial charge on any atom is -0.493 e. The highest BCUT2D eigenvalue weighted by Crippen LogP contribution is 2.42. The van der Waals surface area contributed by atoms with Crippen molar-refractivity contribution in [2.75, 3.05) is 14.2 Å². The summed E-state index contributed by atoms with van der Waals surface area (Å²) in [5.74, 6) is 1.42. The highest BCUT2D eigenvalue weighted by atomic mass is 79.9. The second-order valence-electron chi connectivity index (χ2n) is 4.60. The number of halogens is 3. The molecule has 0 spiro atoms. The average molecular weight is 479 g/mol. The van der Waals surface area contributed by atoms with Crippen molar-refractivity contribution < 1.29 is 9.47 Å². The van der Waals surface area contributed by atoms with Gasteiger partial charge in [0.2, 0.25) is 0 Å². The number of hydrogen-bond donors (Lipinski definition) is 0. The zero-order valence-electron chi connectivity index (χ0n) is 11.9. The van der Waals surface area contributed by atoms with Crippen LogP contribution < -0.4 is 9.47 Å². The fourth-order valence-electron chi connectivity index (χ4n) is 2.01. The second-order valence-corrected chi connectivity index (χ2v) is 7.22. The van der Waals surface area contributed by atoms with Gasteiger partial charge < -0.3 is 9.47 Å². The standard InChI is InChI=1S/C16H15Br3O2/c1-9-4-5-10(6-12(9)17)16(19)11-7-14(20-2)15(21-3)8-13(11)18/h4-8,16H,1-3H3. The molecule has 2 aromatic rings. The molecule has 0 aromatic heterocycles. The lowest BCUT2D eigenvalue weighted by Gasteiger charge is -2.17. The Hall–Kier alpha value is -0.520. The van der Waals surface area contributed by atoms with Gasteiger partial charge in [-0.25, -0.2) is 0 Å². The number of ether oxygens (including phenoxy) is 2. The van der Waals surface area contributed by atoms with Crippen molar-refractivity contribution in [3.8, 4) is 11.5 Å². The van der Waals surface area contributed by atoms with Gasteiger partial charge in [0.1, 0.15) is 0 Å². The van der Waals surface area contributed by atoms with Gasteiger partial charge in [0, 0.05) is 8.95 Å². The van der Waals surface area contributed by atoms with E-state index in [1.807, 2.05) is 12.1 Å². The van der Waals surface area contributed by atoms with Crippen molar-refractivity contribution in [1.29, 1.82) is 0 Å². The van der Waals surface area contributed by atoms with Crippen LogP contribution in [0.3, 0.4) is 0 Å². The van der Waals surface area contributed by atoms with E-state index in [0.29, 0.717) is 11.5 Å². The topological polar surface area (TPSA) is 18.5 Å². The van der Waals surface area contributed by atoms with Crippen LogP contribution in [0, 0.1) is 6.92 Å². The first kappa shape index (κ1) is 16.8. The summed E-state index contributed by atoms with van der Waals surface area (Å²) < 4.78 is 12.8. The molecule has 2 nitrogen and oxygen atoms in total. The molecule has 0 amide bonds. The monoisotopic (exact) mass is 476 g/mol. The number of rotatable bonds is 4. The third-order valence-corrected chi connectivity index (χ3v) is 5.83. The van der Waals surface area contributed by atoms with E-state index in [1.54, 1.807) is 14.2 Å². The van der Waals surface area contributed by atoms with Gasteiger partial charge in [-0.3, -0.25) is 0 Å². The lowest BCUT2D eigenvalue weighted by molar-refractivity contribution is 0.354. The zero-order chi connectivity index (χ0) is 15.6. The van der Waals surface area contributed by atoms with Crippen LogP contribution in [0.15, 0.2) is 39.3 Å². The van der Waals surface area contributed by atoms with E-state index >= 15 is 0 Å². The molecule has 0 heterocycles. The van der Waals surface area contributed by atoms with Crippen molar-refractivity contribution in [2.45, 2.75) is 11.8 Å². The molecule has 112 valence electrons. The highest BCUT2D eigenvalue weighted by Gasteiger charge is 2.18. The van der Waals surface area contributed by atoms with Crippen molar-refractivity contribution in [3.63, 3.8) is 0 Å². The Labute approximate surface area is 150 Å². The molecule has 2 aromatic carbocycles. The Bertz CT molecular complexity index is 656. The lowest BCUT2D eigenvalue weighted by Crippen LogP contribution is -1.98. The Kier molecular flexibility index (Phi) is 5.74. The van der Waals surface area contributed by atoms with Crippen LogP contribution in [-0.4, -0.2) is 14.2 Å². The molecular formula is C16H15Br3O2. The summed E-state index contributed by atoms with van der Waals surface area (Å²) in [5.41, 5.74) is 3.47. The smallest absolute Gasteiger partial charge is 0.161 e. The average Bonchev–Trinajstić information content (AvgIpc) is 2.49. The van der Waals surface area contributed by atoms with E-state index in [4.69, 9.17) is 9.47 Å². The first-order valence-electron chi connectivity index (χ1n) is 6.29. The van der Waals surface area contributed by atoms with E-state index in [1.165, 1.54) is 11.1 Å². The predicted molar refractivity (Wildman–Crippen MR) is 96.9 cm³/mol. The van der Waals surface area contributed by atoms with E-state index < -0.39 is 0 Å². The van der Waals surface area contributed by atoms with E-state index in [0.717, 1.165) is 14.5 Å². The van der Waals surface area contributed by atoms with Gasteiger partial charge in [0.15, 0.2) is 11.5 Å². The Morgan fingerprint density at radius 1 is 0.905 bits per heavy atom. The minimum absolute atomic E-state index is 0.0589. The fourth-order valence-corrected chi connectivity index (χ4v) is 3.93. The van der Waals surface area contributed by atoms with Gasteiger partial charge in [0.25, 0.3) is 0 Å². The van der Waals surface area contributed by atoms with Crippen LogP contribution in [-0.2, 0) is 0 Å². The molecule has 21 heavy (non-hydrogen) atoms. The summed E-state index contributed by atoms with van der Waals surface area (Å²) in [6.45, 7) is 2.07. The third-order valence-electron chi connectivity index (χ3n) is 3.26. The Morgan fingerprint density at radius 2 is 1.52 bits per heavy atom. The number of aryl methyl sites for hydroxylation is 1. The van der Waals surface area contributed by atoms with Gasteiger partial charge in [0.05, 0.1) is 19.0 Å². The largest absolute Gasteiger partial charge is 0.493 e. The van der Waals surface area contributed by atoms with Crippen LogP contribution in [0.25, 0.3) is 0 Å². The summed E-state index contributed by atoms with van der Waals surface area (Å²) in [4.78, 5) is 0.0589. The first-order chi connectivity index (χ1) is 9.97. The molecule has 0 fully saturated rings. The molecule has 0 aliphatic heterocycles. The molecule has 1 unspecified atom stereocenters. The Morgan fingerprint density at radius 3 is 2.10 bits per heavy atom. The highest BCUT2D eigenvalue weighted by molar-refractivity contribution is 9.11. The SMILES string of the molecule is COc1cc(Br)c(C(Br)c2ccc(C)c(Br)c2)cc1OC. The van der Waals surface area contributed by atoms with Gasteiger partial charge >= 0.3 is 0 Å². The summed E-state index contributed by atoms with van der Waals surface area (Å²) >= 11 is 11.0. The van der Waals surface area contributed by atoms with E-state index in [-0.39, 0.29) is 4.83 Å². The molecule has 0 saturated carbocycles. The molecule has 0 aliphatic carbocycles. The van der Waals surface area contributed by atoms with Crippen molar-refractivity contribution in [3.05, 3.63) is 56.0 Å². The quantitative estimate of drug-likeness (QED) is 0.500. The van der Waals surface area contributed by atoms with Gasteiger partial charge in [-0.1, -0.05) is 59.9 Å². The van der Waals surface area contributed by atoms with Crippen molar-refractivity contribution in [1.82, 2.24) is 0 Å². The third kappa shape index (κ3) is 3.63. The van der Waals surface area contributed by atoms with Gasteiger partial charge in [-0.15, -0.1) is 0 Å². The van der Waals surface area contributed by atoms with Crippen LogP contribution >= 0.6 is 47.8 Å². The van der Waals surface area contributed by atoms with Crippen molar-refractivity contribution >= 4 is 47.8 Å². The van der Waals surface area contributed by atoms with E-state index in [2.05, 4.69) is 72.9 Å². The summed E-state index contributed by atoms with van der Waals surface area (Å²) in [7, 11) is 3.27. The van der Waals surface area contributed by atoms with E-state index in [9.17, 15) is 0 Å². The van der Waals surface area contributed by atoms with Gasteiger partial charge in [-0.05, 0) is 41.8 Å². The van der Waals surface area contributed by atoms with Crippen LogP contribution in [0.5, 0.6) is 11.5 Å². The molecule has 0 radical (unpaired) electrons. The van der Waals surface area contributed by atoms with Crippen LogP contribution in [0.1, 0.15) is 21.5 Å². The predicted octanol–water partition coefficient (Wildman–Crippen LogP) is 6.02. The lowest BCUT2D eigenvalue weighted by atomic mass is 10.0. The van der Waals surface area contributed by atoms with Crippen molar-refractivity contribution in [2.24, 2.45) is 0 Å². The summed E-state index contributed by atoms with van der Waals surface area (Å²) in [6, 6.07) is 10.2. The molecule has 2 rings (SSSR count). The molecule has 0 aliphatic rings. The first-order valence-corrected chi connectivity index (χ1v) is 8.79. The minimum atomic E-state index is 0.0589. The maximum atomic E-state index is 5.38. The molecular weight excluding hydrogens is 464 g/mol. The van der Waals surface area contributed by atoms with Gasteiger partial charge in [-0.2, -0.15) is 0 Å². The number of hydrogen-bond acceptors (Lipinski definition) is 2. The number of alkyl halides is 1. The molecule has 0 saturated heterocycles. The number of methoxy groups -OCH3 is 2. The molecule has 5 heteroatoms. The second kappa shape index (κ2) is 7.16. The summed E-state index contributed by atoms with van der Waals surface area (Å²) in [6.07, 6.45) is 0. The molecule has 1 atom stereocenters. The maximum absolute atomic E-state index is 5.38. The number of benzene rings is 2. The van der Waals surface area contributed by atoms with Crippen LogP contribution in [0.2, 0.25) is 0 Å². The maximum Gasteiger partial charge on any atom is 0.161 e. The van der Waals surface area contributed by atoms with Crippen LogP contribution in [0.4, 0.5) is 0 Å². The zero-order valence-corrected chi connectivity index (χ0v) is 16.7. The molecule has 0 N–H and O–H groups in total. The normalized spacial score (nSPS) is 12.1. The molecule has 0 bridgehead atoms. The summed E-state index contributed by atoms with van der Waals surface area (Å²) in [5, 5.41) is 0. The Balaban J connectivity index is 2.47. The fraction of sp³-hybridized carbons (Fsp3) is 0.250.